The molecule has 2 heterocycles. The molecule has 2 aromatic heterocycles. The van der Waals surface area contributed by atoms with Crippen molar-refractivity contribution in [3.8, 4) is 11.3 Å². The van der Waals surface area contributed by atoms with E-state index in [1.165, 1.54) is 0 Å². The highest BCUT2D eigenvalue weighted by Crippen LogP contribution is 2.31. The summed E-state index contributed by atoms with van der Waals surface area (Å²) in [7, 11) is 1.97. The summed E-state index contributed by atoms with van der Waals surface area (Å²) in [6.45, 7) is 0. The Balaban J connectivity index is 2.23. The van der Waals surface area contributed by atoms with Crippen molar-refractivity contribution >= 4 is 32.8 Å². The van der Waals surface area contributed by atoms with Crippen LogP contribution in [-0.4, -0.2) is 20.6 Å². The van der Waals surface area contributed by atoms with E-state index >= 15 is 0 Å². The monoisotopic (exact) mass is 318 g/mol. The number of rotatable bonds is 2. The maximum atomic E-state index is 10.9. The van der Waals surface area contributed by atoms with E-state index in [-0.39, 0.29) is 5.69 Å². The first-order valence-electron chi connectivity index (χ1n) is 5.73. The minimum Gasteiger partial charge on any atom is -0.477 e. The minimum atomic E-state index is -0.951. The number of nitrogens with one attached hydrogen (secondary N) is 1. The molecule has 4 nitrogen and oxygen atoms in total. The smallest absolute Gasteiger partial charge is 0.352 e. The van der Waals surface area contributed by atoms with E-state index < -0.39 is 5.97 Å². The molecule has 3 rings (SSSR count). The Labute approximate surface area is 117 Å². The SMILES string of the molecule is Cn1cc(-c2ccc(C(=O)O)[nH]2)c2cc(Br)ccc21. The van der Waals surface area contributed by atoms with Crippen LogP contribution in [0.25, 0.3) is 22.2 Å². The summed E-state index contributed by atoms with van der Waals surface area (Å²) in [6, 6.07) is 9.42. The van der Waals surface area contributed by atoms with Crippen molar-refractivity contribution < 1.29 is 9.90 Å². The summed E-state index contributed by atoms with van der Waals surface area (Å²) in [5, 5.41) is 10.0. The van der Waals surface area contributed by atoms with Crippen molar-refractivity contribution in [2.24, 2.45) is 7.05 Å². The van der Waals surface area contributed by atoms with E-state index in [1.807, 2.05) is 36.0 Å². The summed E-state index contributed by atoms with van der Waals surface area (Å²) in [5.74, 6) is -0.951. The van der Waals surface area contributed by atoms with Gasteiger partial charge in [0.05, 0.1) is 0 Å². The Morgan fingerprint density at radius 2 is 2.11 bits per heavy atom. The minimum absolute atomic E-state index is 0.196. The number of aryl methyl sites for hydroxylation is 1. The van der Waals surface area contributed by atoms with Gasteiger partial charge in [0.1, 0.15) is 5.69 Å². The molecule has 1 aromatic carbocycles. The lowest BCUT2D eigenvalue weighted by Gasteiger charge is -1.97. The number of benzene rings is 1. The zero-order valence-electron chi connectivity index (χ0n) is 10.1. The maximum absolute atomic E-state index is 10.9. The number of aromatic nitrogens is 2. The second-order valence-corrected chi connectivity index (χ2v) is 5.32. The molecule has 0 bridgehead atoms. The molecule has 0 atom stereocenters. The van der Waals surface area contributed by atoms with Crippen molar-refractivity contribution in [3.05, 3.63) is 46.7 Å². The first kappa shape index (κ1) is 12.0. The predicted molar refractivity (Wildman–Crippen MR) is 77.4 cm³/mol. The fourth-order valence-corrected chi connectivity index (χ4v) is 2.62. The Bertz CT molecular complexity index is 786. The van der Waals surface area contributed by atoms with Crippen molar-refractivity contribution in [2.75, 3.05) is 0 Å². The lowest BCUT2D eigenvalue weighted by atomic mass is 10.1. The highest BCUT2D eigenvalue weighted by Gasteiger charge is 2.12. The van der Waals surface area contributed by atoms with Crippen LogP contribution in [0.2, 0.25) is 0 Å². The van der Waals surface area contributed by atoms with Crippen molar-refractivity contribution in [2.45, 2.75) is 0 Å². The van der Waals surface area contributed by atoms with E-state index in [9.17, 15) is 4.79 Å². The van der Waals surface area contributed by atoms with Gasteiger partial charge < -0.3 is 14.7 Å². The average molecular weight is 319 g/mol. The van der Waals surface area contributed by atoms with Crippen LogP contribution in [0.15, 0.2) is 41.0 Å². The third-order valence-electron chi connectivity index (χ3n) is 3.16. The molecule has 5 heteroatoms. The molecule has 0 amide bonds. The number of nitrogens with zero attached hydrogens (tertiary/aromatic N) is 1. The van der Waals surface area contributed by atoms with E-state index in [0.29, 0.717) is 0 Å². The molecular formula is C14H11BrN2O2. The molecule has 2 N–H and O–H groups in total. The Kier molecular flexibility index (Phi) is 2.71. The summed E-state index contributed by atoms with van der Waals surface area (Å²) >= 11 is 3.46. The average Bonchev–Trinajstić information content (AvgIpc) is 2.94. The quantitative estimate of drug-likeness (QED) is 0.758. The number of fused-ring (bicyclic) bond motifs is 1. The number of aromatic carboxylic acids is 1. The fraction of sp³-hybridized carbons (Fsp3) is 0.0714. The van der Waals surface area contributed by atoms with Gasteiger partial charge in [0, 0.05) is 39.9 Å². The molecule has 0 aliphatic carbocycles. The van der Waals surface area contributed by atoms with Gasteiger partial charge in [-0.1, -0.05) is 15.9 Å². The number of carbonyl (C=O) groups is 1. The molecule has 96 valence electrons. The Morgan fingerprint density at radius 3 is 2.79 bits per heavy atom. The van der Waals surface area contributed by atoms with Crippen LogP contribution in [-0.2, 0) is 7.05 Å². The Hall–Kier alpha value is -2.01. The van der Waals surface area contributed by atoms with E-state index in [4.69, 9.17) is 5.11 Å². The topological polar surface area (TPSA) is 58.0 Å². The maximum Gasteiger partial charge on any atom is 0.352 e. The fourth-order valence-electron chi connectivity index (χ4n) is 2.26. The van der Waals surface area contributed by atoms with Crippen LogP contribution in [0.3, 0.4) is 0 Å². The van der Waals surface area contributed by atoms with Crippen molar-refractivity contribution in [3.63, 3.8) is 0 Å². The first-order valence-corrected chi connectivity index (χ1v) is 6.53. The molecule has 0 saturated carbocycles. The molecule has 0 radical (unpaired) electrons. The first-order chi connectivity index (χ1) is 9.06. The van der Waals surface area contributed by atoms with Crippen LogP contribution >= 0.6 is 15.9 Å². The lowest BCUT2D eigenvalue weighted by Crippen LogP contribution is -1.95. The van der Waals surface area contributed by atoms with Gasteiger partial charge in [0.15, 0.2) is 0 Å². The van der Waals surface area contributed by atoms with Gasteiger partial charge in [-0.25, -0.2) is 4.79 Å². The zero-order valence-corrected chi connectivity index (χ0v) is 11.7. The van der Waals surface area contributed by atoms with E-state index in [1.54, 1.807) is 12.1 Å². The summed E-state index contributed by atoms with van der Waals surface area (Å²) < 4.78 is 3.02. The van der Waals surface area contributed by atoms with Crippen LogP contribution < -0.4 is 0 Å². The van der Waals surface area contributed by atoms with Gasteiger partial charge in [0.2, 0.25) is 0 Å². The third-order valence-corrected chi connectivity index (χ3v) is 3.65. The van der Waals surface area contributed by atoms with Crippen molar-refractivity contribution in [1.82, 2.24) is 9.55 Å². The molecule has 0 saturated heterocycles. The van der Waals surface area contributed by atoms with Gasteiger partial charge >= 0.3 is 5.97 Å². The number of aromatic amines is 1. The highest BCUT2D eigenvalue weighted by molar-refractivity contribution is 9.10. The van der Waals surface area contributed by atoms with Crippen LogP contribution in [0, 0.1) is 0 Å². The molecular weight excluding hydrogens is 308 g/mol. The van der Waals surface area contributed by atoms with Gasteiger partial charge in [-0.3, -0.25) is 0 Å². The molecule has 0 fully saturated rings. The number of carboxylic acid groups (broad SMARTS) is 1. The number of carboxylic acids is 1. The molecule has 0 aliphatic rings. The lowest BCUT2D eigenvalue weighted by molar-refractivity contribution is 0.0691. The second-order valence-electron chi connectivity index (χ2n) is 4.41. The van der Waals surface area contributed by atoms with Crippen molar-refractivity contribution in [1.29, 1.82) is 0 Å². The van der Waals surface area contributed by atoms with E-state index in [2.05, 4.69) is 20.9 Å². The van der Waals surface area contributed by atoms with Crippen LogP contribution in [0.1, 0.15) is 10.5 Å². The second kappa shape index (κ2) is 4.28. The molecule has 3 aromatic rings. The van der Waals surface area contributed by atoms with Gasteiger partial charge in [-0.05, 0) is 30.3 Å². The summed E-state index contributed by atoms with van der Waals surface area (Å²) in [4.78, 5) is 13.9. The van der Waals surface area contributed by atoms with E-state index in [0.717, 1.165) is 26.6 Å². The largest absolute Gasteiger partial charge is 0.477 e. The number of H-pyrrole nitrogens is 1. The summed E-state index contributed by atoms with van der Waals surface area (Å²) in [6.07, 6.45) is 1.99. The van der Waals surface area contributed by atoms with Gasteiger partial charge in [0.25, 0.3) is 0 Å². The van der Waals surface area contributed by atoms with Crippen LogP contribution in [0.4, 0.5) is 0 Å². The van der Waals surface area contributed by atoms with Gasteiger partial charge in [-0.2, -0.15) is 0 Å². The predicted octanol–water partition coefficient (Wildman–Crippen LogP) is 3.63. The Morgan fingerprint density at radius 1 is 1.32 bits per heavy atom. The summed E-state index contributed by atoms with van der Waals surface area (Å²) in [5.41, 5.74) is 3.10. The highest BCUT2D eigenvalue weighted by atomic mass is 79.9. The zero-order chi connectivity index (χ0) is 13.6. The third kappa shape index (κ3) is 1.96. The normalized spacial score (nSPS) is 11.1. The standard InChI is InChI=1S/C14H11BrN2O2/c1-17-7-10(9-6-8(15)2-5-13(9)17)11-3-4-12(16-11)14(18)19/h2-7,16H,1H3,(H,18,19). The van der Waals surface area contributed by atoms with Gasteiger partial charge in [-0.15, -0.1) is 0 Å². The molecule has 0 unspecified atom stereocenters. The molecule has 19 heavy (non-hydrogen) atoms. The van der Waals surface area contributed by atoms with Crippen LogP contribution in [0.5, 0.6) is 0 Å². The molecule has 0 aliphatic heterocycles. The number of halogens is 1. The molecule has 0 spiro atoms. The number of hydrogen-bond donors (Lipinski definition) is 2. The number of hydrogen-bond acceptors (Lipinski definition) is 1.